The molecule has 1 amide bonds. The summed E-state index contributed by atoms with van der Waals surface area (Å²) in [6.45, 7) is 8.29. The second kappa shape index (κ2) is 15.4. The molecular weight excluding hydrogens is 294 g/mol. The molecule has 0 rings (SSSR count). The molecule has 0 aromatic carbocycles. The number of amides is 1. The summed E-state index contributed by atoms with van der Waals surface area (Å²) in [5, 5.41) is 2.60. The fourth-order valence-corrected chi connectivity index (χ4v) is 2.14. The molecule has 0 heterocycles. The van der Waals surface area contributed by atoms with E-state index in [-0.39, 0.29) is 12.6 Å². The number of carbonyl (C=O) groups excluding carboxylic acids is 2. The van der Waals surface area contributed by atoms with Crippen LogP contribution in [0.15, 0.2) is 12.7 Å². The van der Waals surface area contributed by atoms with E-state index >= 15 is 0 Å². The molecule has 0 saturated carbocycles. The van der Waals surface area contributed by atoms with Gasteiger partial charge in [-0.3, -0.25) is 0 Å². The molecule has 0 saturated heterocycles. The highest BCUT2D eigenvalue weighted by atomic mass is 16.6. The molecule has 0 aromatic heterocycles. The van der Waals surface area contributed by atoms with Gasteiger partial charge < -0.3 is 14.8 Å². The zero-order valence-corrected chi connectivity index (χ0v) is 14.8. The number of rotatable bonds is 14. The summed E-state index contributed by atoms with van der Waals surface area (Å²) in [7, 11) is 0. The third-order valence-electron chi connectivity index (χ3n) is 3.50. The van der Waals surface area contributed by atoms with Crippen molar-refractivity contribution in [2.24, 2.45) is 0 Å². The van der Waals surface area contributed by atoms with Crippen LogP contribution in [0.3, 0.4) is 0 Å². The maximum Gasteiger partial charge on any atom is 0.408 e. The van der Waals surface area contributed by atoms with E-state index in [0.717, 1.165) is 51.4 Å². The topological polar surface area (TPSA) is 64.6 Å². The quantitative estimate of drug-likeness (QED) is 0.292. The van der Waals surface area contributed by atoms with Crippen LogP contribution in [-0.4, -0.2) is 31.3 Å². The van der Waals surface area contributed by atoms with Crippen LogP contribution in [0.4, 0.5) is 4.79 Å². The van der Waals surface area contributed by atoms with E-state index in [2.05, 4.69) is 25.7 Å². The van der Waals surface area contributed by atoms with Gasteiger partial charge in [-0.1, -0.05) is 71.4 Å². The van der Waals surface area contributed by atoms with Gasteiger partial charge in [0.1, 0.15) is 12.6 Å². The molecule has 5 nitrogen and oxygen atoms in total. The molecule has 1 atom stereocenters. The molecule has 0 radical (unpaired) electrons. The van der Waals surface area contributed by atoms with Crippen molar-refractivity contribution < 1.29 is 19.1 Å². The minimum absolute atomic E-state index is 0.125. The Morgan fingerprint density at radius 2 is 1.65 bits per heavy atom. The Hall–Kier alpha value is -1.52. The molecule has 0 spiro atoms. The normalized spacial score (nSPS) is 11.6. The summed E-state index contributed by atoms with van der Waals surface area (Å²) < 4.78 is 10.2. The van der Waals surface area contributed by atoms with Gasteiger partial charge in [0.15, 0.2) is 0 Å². The van der Waals surface area contributed by atoms with Crippen LogP contribution in [0.5, 0.6) is 0 Å². The molecule has 0 aliphatic rings. The van der Waals surface area contributed by atoms with E-state index in [1.165, 1.54) is 6.08 Å². The number of hydrogen-bond donors (Lipinski definition) is 1. The molecule has 0 aromatic rings. The maximum atomic E-state index is 12.1. The number of unbranched alkanes of at least 4 members (excludes halogenated alkanes) is 6. The van der Waals surface area contributed by atoms with Crippen molar-refractivity contribution in [1.29, 1.82) is 0 Å². The zero-order valence-electron chi connectivity index (χ0n) is 14.8. The Morgan fingerprint density at radius 1 is 1.00 bits per heavy atom. The molecule has 1 N–H and O–H groups in total. The first-order valence-corrected chi connectivity index (χ1v) is 8.86. The lowest BCUT2D eigenvalue weighted by Crippen LogP contribution is -2.42. The third-order valence-corrected chi connectivity index (χ3v) is 3.50. The van der Waals surface area contributed by atoms with Gasteiger partial charge in [0.05, 0.1) is 6.61 Å². The van der Waals surface area contributed by atoms with Crippen LogP contribution < -0.4 is 5.32 Å². The Morgan fingerprint density at radius 3 is 2.26 bits per heavy atom. The standard InChI is InChI=1S/C18H33NO4/c1-4-7-9-11-13-16(19-18(21)23-14-6-3)17(20)22-15-12-10-8-5-2/h6,16H,3-5,7-15H2,1-2H3,(H,19,21). The van der Waals surface area contributed by atoms with Gasteiger partial charge in [-0.2, -0.15) is 0 Å². The number of ether oxygens (including phenoxy) is 2. The molecule has 0 fully saturated rings. The first kappa shape index (κ1) is 21.5. The fourth-order valence-electron chi connectivity index (χ4n) is 2.14. The molecule has 134 valence electrons. The maximum absolute atomic E-state index is 12.1. The van der Waals surface area contributed by atoms with E-state index in [4.69, 9.17) is 9.47 Å². The van der Waals surface area contributed by atoms with Crippen LogP contribution in [0.2, 0.25) is 0 Å². The summed E-state index contributed by atoms with van der Waals surface area (Å²) >= 11 is 0. The summed E-state index contributed by atoms with van der Waals surface area (Å²) in [6, 6.07) is -0.629. The number of alkyl carbamates (subject to hydrolysis) is 1. The summed E-state index contributed by atoms with van der Waals surface area (Å²) in [5.74, 6) is -0.367. The molecule has 5 heteroatoms. The van der Waals surface area contributed by atoms with Crippen LogP contribution >= 0.6 is 0 Å². The Bertz CT molecular complexity index is 331. The summed E-state index contributed by atoms with van der Waals surface area (Å²) in [4.78, 5) is 23.8. The van der Waals surface area contributed by atoms with Gasteiger partial charge in [-0.25, -0.2) is 9.59 Å². The number of carbonyl (C=O) groups is 2. The first-order valence-electron chi connectivity index (χ1n) is 8.86. The number of esters is 1. The minimum Gasteiger partial charge on any atom is -0.464 e. The highest BCUT2D eigenvalue weighted by Crippen LogP contribution is 2.08. The average Bonchev–Trinajstić information content (AvgIpc) is 2.55. The lowest BCUT2D eigenvalue weighted by molar-refractivity contribution is -0.146. The predicted octanol–water partition coefficient (Wildman–Crippen LogP) is 4.36. The lowest BCUT2D eigenvalue weighted by Gasteiger charge is -2.17. The van der Waals surface area contributed by atoms with Crippen molar-refractivity contribution in [3.05, 3.63) is 12.7 Å². The molecule has 0 aliphatic heterocycles. The molecular formula is C18H33NO4. The SMILES string of the molecule is C=CCOC(=O)NC(CCCCCC)C(=O)OCCCCCC. The minimum atomic E-state index is -0.629. The van der Waals surface area contributed by atoms with Gasteiger partial charge in [-0.15, -0.1) is 0 Å². The lowest BCUT2D eigenvalue weighted by atomic mass is 10.1. The fraction of sp³-hybridized carbons (Fsp3) is 0.778. The van der Waals surface area contributed by atoms with Crippen LogP contribution in [0, 0.1) is 0 Å². The van der Waals surface area contributed by atoms with Crippen LogP contribution in [0.25, 0.3) is 0 Å². The van der Waals surface area contributed by atoms with E-state index in [0.29, 0.717) is 13.0 Å². The molecule has 1 unspecified atom stereocenters. The third kappa shape index (κ3) is 12.7. The average molecular weight is 327 g/mol. The number of hydrogen-bond acceptors (Lipinski definition) is 4. The van der Waals surface area contributed by atoms with Crippen molar-refractivity contribution >= 4 is 12.1 Å². The predicted molar refractivity (Wildman–Crippen MR) is 92.3 cm³/mol. The summed E-state index contributed by atoms with van der Waals surface area (Å²) in [5.41, 5.74) is 0. The second-order valence-electron chi connectivity index (χ2n) is 5.66. The van der Waals surface area contributed by atoms with Crippen molar-refractivity contribution in [3.8, 4) is 0 Å². The van der Waals surface area contributed by atoms with Gasteiger partial charge in [0.25, 0.3) is 0 Å². The van der Waals surface area contributed by atoms with Crippen molar-refractivity contribution in [2.45, 2.75) is 77.7 Å². The number of nitrogens with one attached hydrogen (secondary N) is 1. The summed E-state index contributed by atoms with van der Waals surface area (Å²) in [6.07, 6.45) is 9.84. The van der Waals surface area contributed by atoms with Crippen LogP contribution in [-0.2, 0) is 14.3 Å². The van der Waals surface area contributed by atoms with Gasteiger partial charge in [-0.05, 0) is 12.8 Å². The zero-order chi connectivity index (χ0) is 17.3. The Kier molecular flexibility index (Phi) is 14.4. The van der Waals surface area contributed by atoms with Crippen molar-refractivity contribution in [2.75, 3.05) is 13.2 Å². The largest absolute Gasteiger partial charge is 0.464 e. The van der Waals surface area contributed by atoms with E-state index in [1.54, 1.807) is 0 Å². The smallest absolute Gasteiger partial charge is 0.408 e. The van der Waals surface area contributed by atoms with E-state index in [9.17, 15) is 9.59 Å². The highest BCUT2D eigenvalue weighted by molar-refractivity contribution is 5.81. The molecule has 23 heavy (non-hydrogen) atoms. The molecule has 0 bridgehead atoms. The first-order chi connectivity index (χ1) is 11.2. The van der Waals surface area contributed by atoms with Crippen molar-refractivity contribution in [3.63, 3.8) is 0 Å². The Labute approximate surface area is 140 Å². The molecule has 0 aliphatic carbocycles. The van der Waals surface area contributed by atoms with Crippen molar-refractivity contribution in [1.82, 2.24) is 5.32 Å². The van der Waals surface area contributed by atoms with Gasteiger partial charge >= 0.3 is 12.1 Å². The van der Waals surface area contributed by atoms with E-state index < -0.39 is 12.1 Å². The van der Waals surface area contributed by atoms with Crippen LogP contribution in [0.1, 0.15) is 71.6 Å². The van der Waals surface area contributed by atoms with Gasteiger partial charge in [0, 0.05) is 0 Å². The van der Waals surface area contributed by atoms with Gasteiger partial charge in [0.2, 0.25) is 0 Å². The van der Waals surface area contributed by atoms with E-state index in [1.807, 2.05) is 0 Å². The highest BCUT2D eigenvalue weighted by Gasteiger charge is 2.22. The monoisotopic (exact) mass is 327 g/mol. The second-order valence-corrected chi connectivity index (χ2v) is 5.66. The Balaban J connectivity index is 4.23.